The second-order valence-corrected chi connectivity index (χ2v) is 9.27. The second kappa shape index (κ2) is 12.6. The summed E-state index contributed by atoms with van der Waals surface area (Å²) in [4.78, 5) is 0. The number of aryl methyl sites for hydroxylation is 2. The van der Waals surface area contributed by atoms with Gasteiger partial charge in [-0.3, -0.25) is 0 Å². The molecule has 1 rings (SSSR count). The summed E-state index contributed by atoms with van der Waals surface area (Å²) < 4.78 is 0. The van der Waals surface area contributed by atoms with Crippen LogP contribution in [0.1, 0.15) is 90.7 Å². The molecule has 0 radical (unpaired) electrons. The largest absolute Gasteiger partial charge is 0.508 e. The van der Waals surface area contributed by atoms with Crippen molar-refractivity contribution in [2.75, 3.05) is 0 Å². The molecule has 0 aliphatic rings. The van der Waals surface area contributed by atoms with Crippen molar-refractivity contribution >= 4 is 0 Å². The highest BCUT2D eigenvalue weighted by atomic mass is 16.3. The summed E-state index contributed by atoms with van der Waals surface area (Å²) in [6, 6.07) is 3.13. The molecule has 1 aromatic rings. The first kappa shape index (κ1) is 26.0. The first-order valence-corrected chi connectivity index (χ1v) is 11.2. The van der Waals surface area contributed by atoms with Gasteiger partial charge in [0, 0.05) is 0 Å². The van der Waals surface area contributed by atoms with Crippen molar-refractivity contribution < 1.29 is 15.3 Å². The van der Waals surface area contributed by atoms with Crippen molar-refractivity contribution in [3.63, 3.8) is 0 Å². The number of hydrogen-bond donors (Lipinski definition) is 3. The van der Waals surface area contributed by atoms with E-state index in [2.05, 4.69) is 45.9 Å². The highest BCUT2D eigenvalue weighted by Gasteiger charge is 2.20. The molecule has 30 heavy (non-hydrogen) atoms. The van der Waals surface area contributed by atoms with E-state index in [1.807, 2.05) is 6.92 Å². The van der Waals surface area contributed by atoms with Crippen LogP contribution >= 0.6 is 0 Å². The summed E-state index contributed by atoms with van der Waals surface area (Å²) in [6.07, 6.45) is 13.8. The van der Waals surface area contributed by atoms with E-state index in [0.717, 1.165) is 32.1 Å². The third kappa shape index (κ3) is 10.7. The molecule has 0 aliphatic carbocycles. The maximum absolute atomic E-state index is 10.7. The maximum Gasteiger partial charge on any atom is 0.121 e. The predicted molar refractivity (Wildman–Crippen MR) is 128 cm³/mol. The molecular weight excluding hydrogens is 372 g/mol. The molecule has 0 fully saturated rings. The van der Waals surface area contributed by atoms with Gasteiger partial charge in [-0.05, 0) is 116 Å². The zero-order valence-electron chi connectivity index (χ0n) is 19.9. The molecule has 0 bridgehead atoms. The fourth-order valence-electron chi connectivity index (χ4n) is 3.52. The molecule has 0 saturated carbocycles. The molecule has 1 atom stereocenters. The van der Waals surface area contributed by atoms with Crippen molar-refractivity contribution in [2.24, 2.45) is 0 Å². The van der Waals surface area contributed by atoms with Gasteiger partial charge >= 0.3 is 0 Å². The Hall–Kier alpha value is -2.00. The summed E-state index contributed by atoms with van der Waals surface area (Å²) in [5.74, 6) is 0.364. The van der Waals surface area contributed by atoms with Gasteiger partial charge in [0.1, 0.15) is 11.5 Å². The van der Waals surface area contributed by atoms with Crippen LogP contribution in [0.15, 0.2) is 47.1 Å². The highest BCUT2D eigenvalue weighted by Crippen LogP contribution is 2.30. The Morgan fingerprint density at radius 3 is 2.03 bits per heavy atom. The van der Waals surface area contributed by atoms with Gasteiger partial charge in [0.25, 0.3) is 0 Å². The fraction of sp³-hybridized carbons (Fsp3) is 0.556. The fourth-order valence-corrected chi connectivity index (χ4v) is 3.52. The Morgan fingerprint density at radius 2 is 1.43 bits per heavy atom. The molecule has 3 nitrogen and oxygen atoms in total. The third-order valence-electron chi connectivity index (χ3n) is 5.60. The Labute approximate surface area is 183 Å². The molecule has 0 saturated heterocycles. The number of phenolic OH excluding ortho intramolecular Hbond substituents is 2. The van der Waals surface area contributed by atoms with Gasteiger partial charge in [-0.25, -0.2) is 0 Å². The lowest BCUT2D eigenvalue weighted by Crippen LogP contribution is -2.24. The summed E-state index contributed by atoms with van der Waals surface area (Å²) >= 11 is 0. The van der Waals surface area contributed by atoms with Gasteiger partial charge in [0.15, 0.2) is 0 Å². The highest BCUT2D eigenvalue weighted by molar-refractivity contribution is 5.45. The normalized spacial score (nSPS) is 14.5. The van der Waals surface area contributed by atoms with E-state index in [-0.39, 0.29) is 11.5 Å². The average molecular weight is 415 g/mol. The van der Waals surface area contributed by atoms with Crippen molar-refractivity contribution in [1.82, 2.24) is 0 Å². The van der Waals surface area contributed by atoms with Crippen LogP contribution in [0.25, 0.3) is 0 Å². The molecule has 0 heterocycles. The van der Waals surface area contributed by atoms with Crippen LogP contribution in [0.4, 0.5) is 0 Å². The van der Waals surface area contributed by atoms with Gasteiger partial charge in [-0.15, -0.1) is 0 Å². The monoisotopic (exact) mass is 414 g/mol. The van der Waals surface area contributed by atoms with Gasteiger partial charge in [0.2, 0.25) is 0 Å². The van der Waals surface area contributed by atoms with E-state index < -0.39 is 5.60 Å². The van der Waals surface area contributed by atoms with Crippen molar-refractivity contribution in [3.8, 4) is 11.5 Å². The van der Waals surface area contributed by atoms with E-state index in [9.17, 15) is 15.3 Å². The SMILES string of the molecule is CC(C)=CCC/C(C)=C/CC/C(C)=C/CCC(C)(O)CCc1cc(O)cc(C)c1O. The van der Waals surface area contributed by atoms with Crippen LogP contribution in [-0.2, 0) is 6.42 Å². The van der Waals surface area contributed by atoms with Crippen LogP contribution in [0.5, 0.6) is 11.5 Å². The second-order valence-electron chi connectivity index (χ2n) is 9.27. The molecule has 168 valence electrons. The topological polar surface area (TPSA) is 60.7 Å². The Morgan fingerprint density at radius 1 is 0.867 bits per heavy atom. The number of rotatable bonds is 12. The van der Waals surface area contributed by atoms with E-state index in [0.29, 0.717) is 30.4 Å². The molecule has 3 N–H and O–H groups in total. The minimum Gasteiger partial charge on any atom is -0.508 e. The van der Waals surface area contributed by atoms with E-state index in [1.54, 1.807) is 19.1 Å². The van der Waals surface area contributed by atoms with Crippen LogP contribution in [0.2, 0.25) is 0 Å². The molecule has 3 heteroatoms. The summed E-state index contributed by atoms with van der Waals surface area (Å²) in [5.41, 5.74) is 4.74. The van der Waals surface area contributed by atoms with Gasteiger partial charge in [-0.2, -0.15) is 0 Å². The van der Waals surface area contributed by atoms with E-state index in [1.165, 1.54) is 16.7 Å². The lowest BCUT2D eigenvalue weighted by Gasteiger charge is -2.23. The quantitative estimate of drug-likeness (QED) is 0.248. The minimum absolute atomic E-state index is 0.153. The maximum atomic E-state index is 10.7. The number of allylic oxidation sites excluding steroid dienone is 6. The molecule has 0 aromatic heterocycles. The van der Waals surface area contributed by atoms with E-state index >= 15 is 0 Å². The van der Waals surface area contributed by atoms with E-state index in [4.69, 9.17) is 0 Å². The number of hydrogen-bond acceptors (Lipinski definition) is 3. The number of aliphatic hydroxyl groups is 1. The lowest BCUT2D eigenvalue weighted by atomic mass is 9.91. The number of benzene rings is 1. The summed E-state index contributed by atoms with van der Waals surface area (Å²) in [7, 11) is 0. The number of phenols is 2. The summed E-state index contributed by atoms with van der Waals surface area (Å²) in [5, 5.41) is 30.6. The molecule has 1 aromatic carbocycles. The van der Waals surface area contributed by atoms with Crippen LogP contribution in [-0.4, -0.2) is 20.9 Å². The van der Waals surface area contributed by atoms with Gasteiger partial charge in [-0.1, -0.05) is 34.9 Å². The molecule has 0 amide bonds. The van der Waals surface area contributed by atoms with Crippen molar-refractivity contribution in [2.45, 2.75) is 98.5 Å². The molecule has 1 unspecified atom stereocenters. The standard InChI is InChI=1S/C27H42O3/c1-20(2)10-7-11-21(3)12-8-13-22(4)14-9-16-27(6,30)17-15-24-19-25(28)18-23(5)26(24)29/h10,12,14,18-19,28-30H,7-9,11,13,15-17H2,1-6H3/b21-12+,22-14+. The van der Waals surface area contributed by atoms with Crippen LogP contribution in [0, 0.1) is 6.92 Å². The molecule has 0 spiro atoms. The van der Waals surface area contributed by atoms with Crippen molar-refractivity contribution in [1.29, 1.82) is 0 Å². The minimum atomic E-state index is -0.802. The van der Waals surface area contributed by atoms with Crippen molar-refractivity contribution in [3.05, 3.63) is 58.2 Å². The smallest absolute Gasteiger partial charge is 0.121 e. The predicted octanol–water partition coefficient (Wildman–Crippen LogP) is 7.29. The van der Waals surface area contributed by atoms with Gasteiger partial charge in [0.05, 0.1) is 5.60 Å². The third-order valence-corrected chi connectivity index (χ3v) is 5.60. The first-order chi connectivity index (χ1) is 14.0. The molecular formula is C27H42O3. The average Bonchev–Trinajstić information content (AvgIpc) is 2.63. The Balaban J connectivity index is 2.41. The zero-order valence-corrected chi connectivity index (χ0v) is 19.9. The first-order valence-electron chi connectivity index (χ1n) is 11.2. The van der Waals surface area contributed by atoms with Gasteiger partial charge < -0.3 is 15.3 Å². The zero-order chi connectivity index (χ0) is 22.7. The Bertz CT molecular complexity index is 763. The van der Waals surface area contributed by atoms with Crippen LogP contribution < -0.4 is 0 Å². The Kier molecular flexibility index (Phi) is 11.0. The molecule has 0 aliphatic heterocycles. The number of aromatic hydroxyl groups is 2. The summed E-state index contributed by atoms with van der Waals surface area (Å²) in [6.45, 7) is 12.3. The van der Waals surface area contributed by atoms with Crippen LogP contribution in [0.3, 0.4) is 0 Å². The lowest BCUT2D eigenvalue weighted by molar-refractivity contribution is 0.0431.